The third kappa shape index (κ3) is 5.93. The van der Waals surface area contributed by atoms with E-state index in [0.29, 0.717) is 6.61 Å². The molecule has 0 aliphatic carbocycles. The van der Waals surface area contributed by atoms with Crippen LogP contribution in [0.3, 0.4) is 0 Å². The van der Waals surface area contributed by atoms with Crippen molar-refractivity contribution in [2.75, 3.05) is 25.2 Å². The summed E-state index contributed by atoms with van der Waals surface area (Å²) in [7, 11) is 0. The Bertz CT molecular complexity index is 614. The fraction of sp³-hybridized carbons (Fsp3) is 0.500. The first-order valence-electron chi connectivity index (χ1n) is 7.92. The topological polar surface area (TPSA) is 72.0 Å². The highest BCUT2D eigenvalue weighted by molar-refractivity contribution is 6.35. The van der Waals surface area contributed by atoms with E-state index in [-0.39, 0.29) is 30.8 Å². The van der Waals surface area contributed by atoms with Crippen molar-refractivity contribution in [1.82, 2.24) is 5.43 Å². The summed E-state index contributed by atoms with van der Waals surface area (Å²) in [5.41, 5.74) is 4.42. The van der Waals surface area contributed by atoms with Crippen LogP contribution in [0.15, 0.2) is 29.3 Å². The molecule has 1 aromatic rings. The first-order valence-corrected chi connectivity index (χ1v) is 7.92. The molecule has 0 aromatic heterocycles. The lowest BCUT2D eigenvalue weighted by molar-refractivity contribution is -0.137. The molecule has 0 bridgehead atoms. The number of amidine groups is 1. The SMILES string of the molecule is CCOC(=O)C(=NC[C@@H]1CCCO1)NNc1cccc(C(F)(F)F)c1. The number of benzene rings is 1. The van der Waals surface area contributed by atoms with Gasteiger partial charge in [-0.05, 0) is 38.0 Å². The molecule has 2 N–H and O–H groups in total. The molecule has 0 radical (unpaired) electrons. The van der Waals surface area contributed by atoms with Crippen molar-refractivity contribution >= 4 is 17.5 Å². The molecule has 1 heterocycles. The van der Waals surface area contributed by atoms with Gasteiger partial charge in [0.05, 0.1) is 30.5 Å². The summed E-state index contributed by atoms with van der Waals surface area (Å²) in [5.74, 6) is -0.810. The van der Waals surface area contributed by atoms with Crippen LogP contribution in [0.4, 0.5) is 18.9 Å². The molecule has 25 heavy (non-hydrogen) atoms. The van der Waals surface area contributed by atoms with Crippen LogP contribution in [-0.2, 0) is 20.4 Å². The second-order valence-corrected chi connectivity index (χ2v) is 5.37. The number of esters is 1. The number of nitrogens with one attached hydrogen (secondary N) is 2. The summed E-state index contributed by atoms with van der Waals surface area (Å²) >= 11 is 0. The average molecular weight is 359 g/mol. The minimum atomic E-state index is -4.45. The number of alkyl halides is 3. The van der Waals surface area contributed by atoms with Crippen molar-refractivity contribution < 1.29 is 27.4 Å². The van der Waals surface area contributed by atoms with Crippen molar-refractivity contribution in [3.63, 3.8) is 0 Å². The van der Waals surface area contributed by atoms with Gasteiger partial charge in [-0.3, -0.25) is 15.8 Å². The second-order valence-electron chi connectivity index (χ2n) is 5.37. The number of carbonyl (C=O) groups excluding carboxylic acids is 1. The molecule has 1 aliphatic rings. The van der Waals surface area contributed by atoms with Gasteiger partial charge in [0.2, 0.25) is 5.84 Å². The summed E-state index contributed by atoms with van der Waals surface area (Å²) in [5, 5.41) is 0. The van der Waals surface area contributed by atoms with Gasteiger partial charge in [0, 0.05) is 6.61 Å². The number of halogens is 3. The Morgan fingerprint density at radius 1 is 1.44 bits per heavy atom. The van der Waals surface area contributed by atoms with Crippen LogP contribution in [0.2, 0.25) is 0 Å². The maximum Gasteiger partial charge on any atom is 0.416 e. The van der Waals surface area contributed by atoms with E-state index in [2.05, 4.69) is 15.8 Å². The lowest BCUT2D eigenvalue weighted by Gasteiger charge is -2.14. The Labute approximate surface area is 143 Å². The third-order valence-corrected chi connectivity index (χ3v) is 3.46. The number of nitrogens with zero attached hydrogens (tertiary/aromatic N) is 1. The molecule has 2 rings (SSSR count). The van der Waals surface area contributed by atoms with Crippen LogP contribution in [0.5, 0.6) is 0 Å². The van der Waals surface area contributed by atoms with Gasteiger partial charge in [0.25, 0.3) is 0 Å². The van der Waals surface area contributed by atoms with Crippen LogP contribution < -0.4 is 10.9 Å². The predicted molar refractivity (Wildman–Crippen MR) is 86.1 cm³/mol. The van der Waals surface area contributed by atoms with Gasteiger partial charge < -0.3 is 9.47 Å². The summed E-state index contributed by atoms with van der Waals surface area (Å²) in [6.07, 6.45) is -2.74. The molecule has 1 saturated heterocycles. The largest absolute Gasteiger partial charge is 0.460 e. The Morgan fingerprint density at radius 2 is 2.24 bits per heavy atom. The van der Waals surface area contributed by atoms with Crippen LogP contribution in [-0.4, -0.2) is 37.7 Å². The number of anilines is 1. The standard InChI is InChI=1S/C16H20F3N3O3/c1-2-24-15(23)14(20-10-13-7-4-8-25-13)22-21-12-6-3-5-11(9-12)16(17,18)19/h3,5-6,9,13,21H,2,4,7-8,10H2,1H3,(H,20,22)/t13-/m0/s1. The summed E-state index contributed by atoms with van der Waals surface area (Å²) in [6, 6.07) is 4.59. The Morgan fingerprint density at radius 3 is 2.88 bits per heavy atom. The molecular weight excluding hydrogens is 339 g/mol. The van der Waals surface area contributed by atoms with E-state index in [1.54, 1.807) is 6.92 Å². The maximum atomic E-state index is 12.7. The van der Waals surface area contributed by atoms with Gasteiger partial charge in [-0.15, -0.1) is 0 Å². The molecule has 0 saturated carbocycles. The van der Waals surface area contributed by atoms with Gasteiger partial charge in [0.15, 0.2) is 0 Å². The van der Waals surface area contributed by atoms with Crippen molar-refractivity contribution in [2.24, 2.45) is 4.99 Å². The molecule has 138 valence electrons. The number of hydrogen-bond acceptors (Lipinski definition) is 5. The zero-order chi connectivity index (χ0) is 18.3. The van der Waals surface area contributed by atoms with E-state index < -0.39 is 17.7 Å². The van der Waals surface area contributed by atoms with Crippen molar-refractivity contribution in [3.05, 3.63) is 29.8 Å². The summed E-state index contributed by atoms with van der Waals surface area (Å²) in [4.78, 5) is 16.1. The quantitative estimate of drug-likeness (QED) is 0.366. The fourth-order valence-electron chi connectivity index (χ4n) is 2.24. The third-order valence-electron chi connectivity index (χ3n) is 3.46. The van der Waals surface area contributed by atoms with E-state index in [9.17, 15) is 18.0 Å². The molecule has 6 nitrogen and oxygen atoms in total. The second kappa shape index (κ2) is 8.70. The smallest absolute Gasteiger partial charge is 0.416 e. The van der Waals surface area contributed by atoms with E-state index >= 15 is 0 Å². The molecule has 1 aromatic carbocycles. The number of aliphatic imine (C=N–C) groups is 1. The first-order chi connectivity index (χ1) is 11.9. The van der Waals surface area contributed by atoms with E-state index in [1.165, 1.54) is 12.1 Å². The number of hydrazine groups is 1. The predicted octanol–water partition coefficient (Wildman–Crippen LogP) is 2.76. The highest BCUT2D eigenvalue weighted by atomic mass is 19.4. The fourth-order valence-corrected chi connectivity index (χ4v) is 2.24. The van der Waals surface area contributed by atoms with Gasteiger partial charge in [-0.25, -0.2) is 4.79 Å². The summed E-state index contributed by atoms with van der Waals surface area (Å²) < 4.78 is 48.5. The van der Waals surface area contributed by atoms with Gasteiger partial charge in [-0.1, -0.05) is 6.07 Å². The highest BCUT2D eigenvalue weighted by Crippen LogP contribution is 2.30. The van der Waals surface area contributed by atoms with Gasteiger partial charge >= 0.3 is 12.1 Å². The van der Waals surface area contributed by atoms with Crippen LogP contribution >= 0.6 is 0 Å². The lowest BCUT2D eigenvalue weighted by Crippen LogP contribution is -2.37. The molecule has 1 aliphatic heterocycles. The molecule has 0 unspecified atom stereocenters. The van der Waals surface area contributed by atoms with Crippen molar-refractivity contribution in [3.8, 4) is 0 Å². The first kappa shape index (κ1) is 19.0. The zero-order valence-electron chi connectivity index (χ0n) is 13.7. The normalized spacial score (nSPS) is 18.1. The zero-order valence-corrected chi connectivity index (χ0v) is 13.7. The lowest BCUT2D eigenvalue weighted by atomic mass is 10.2. The van der Waals surface area contributed by atoms with Gasteiger partial charge in [0.1, 0.15) is 0 Å². The Hall–Kier alpha value is -2.29. The molecule has 1 atom stereocenters. The monoisotopic (exact) mass is 359 g/mol. The molecule has 0 amide bonds. The number of ether oxygens (including phenoxy) is 2. The van der Waals surface area contributed by atoms with Crippen LogP contribution in [0.25, 0.3) is 0 Å². The van der Waals surface area contributed by atoms with Gasteiger partial charge in [-0.2, -0.15) is 13.2 Å². The molecule has 1 fully saturated rings. The van der Waals surface area contributed by atoms with E-state index in [0.717, 1.165) is 25.0 Å². The number of hydrogen-bond donors (Lipinski definition) is 2. The summed E-state index contributed by atoms with van der Waals surface area (Å²) in [6.45, 7) is 2.73. The van der Waals surface area contributed by atoms with Crippen molar-refractivity contribution in [2.45, 2.75) is 32.0 Å². The van der Waals surface area contributed by atoms with Crippen LogP contribution in [0, 0.1) is 0 Å². The molecule has 0 spiro atoms. The van der Waals surface area contributed by atoms with Crippen LogP contribution in [0.1, 0.15) is 25.3 Å². The molecular formula is C16H20F3N3O3. The molecule has 9 heteroatoms. The van der Waals surface area contributed by atoms with E-state index in [4.69, 9.17) is 9.47 Å². The van der Waals surface area contributed by atoms with Crippen molar-refractivity contribution in [1.29, 1.82) is 0 Å². The number of rotatable bonds is 5. The average Bonchev–Trinajstić information content (AvgIpc) is 3.08. The minimum Gasteiger partial charge on any atom is -0.460 e. The van der Waals surface area contributed by atoms with E-state index in [1.807, 2.05) is 0 Å². The Kier molecular flexibility index (Phi) is 6.63. The maximum absolute atomic E-state index is 12.7. The number of carbonyl (C=O) groups is 1. The highest BCUT2D eigenvalue weighted by Gasteiger charge is 2.30. The minimum absolute atomic E-state index is 0.0696. The Balaban J connectivity index is 2.03.